The summed E-state index contributed by atoms with van der Waals surface area (Å²) in [6.45, 7) is 1.57. The summed E-state index contributed by atoms with van der Waals surface area (Å²) in [4.78, 5) is 4.35. The van der Waals surface area contributed by atoms with E-state index in [1.807, 2.05) is 0 Å². The molecule has 3 N–H and O–H groups in total. The third-order valence-electron chi connectivity index (χ3n) is 3.92. The predicted octanol–water partition coefficient (Wildman–Crippen LogP) is 1.84. The van der Waals surface area contributed by atoms with Gasteiger partial charge in [0.15, 0.2) is 5.82 Å². The summed E-state index contributed by atoms with van der Waals surface area (Å²) in [6.07, 6.45) is 2.71. The minimum absolute atomic E-state index is 0.0116. The zero-order chi connectivity index (χ0) is 15.8. The van der Waals surface area contributed by atoms with E-state index in [0.29, 0.717) is 17.1 Å². The monoisotopic (exact) mass is 322 g/mol. The summed E-state index contributed by atoms with van der Waals surface area (Å²) in [6, 6.07) is 6.91. The topological polar surface area (TPSA) is 111 Å². The number of para-hydroxylation sites is 1. The number of nitrogens with zero attached hydrogens (tertiary/aromatic N) is 2. The largest absolute Gasteiger partial charge is 0.334 e. The zero-order valence-corrected chi connectivity index (χ0v) is 13.1. The van der Waals surface area contributed by atoms with Crippen LogP contribution in [0.4, 0.5) is 5.69 Å². The first-order valence-electron chi connectivity index (χ1n) is 7.16. The lowest BCUT2D eigenvalue weighted by molar-refractivity contribution is 0.229. The second kappa shape index (κ2) is 5.36. The molecule has 1 fully saturated rings. The molecule has 1 heterocycles. The molecule has 2 aromatic rings. The van der Waals surface area contributed by atoms with Crippen molar-refractivity contribution in [1.29, 1.82) is 0 Å². The highest BCUT2D eigenvalue weighted by Crippen LogP contribution is 2.38. The lowest BCUT2D eigenvalue weighted by Crippen LogP contribution is -2.44. The molecule has 0 amide bonds. The van der Waals surface area contributed by atoms with Gasteiger partial charge in [-0.2, -0.15) is 4.98 Å². The van der Waals surface area contributed by atoms with Crippen molar-refractivity contribution in [2.24, 2.45) is 5.73 Å². The Hall–Kier alpha value is -1.93. The van der Waals surface area contributed by atoms with E-state index in [9.17, 15) is 8.42 Å². The molecular formula is C14H18N4O3S. The van der Waals surface area contributed by atoms with Crippen molar-refractivity contribution in [2.45, 2.75) is 31.7 Å². The summed E-state index contributed by atoms with van der Waals surface area (Å²) in [5.41, 5.74) is 6.62. The predicted molar refractivity (Wildman–Crippen MR) is 82.5 cm³/mol. The van der Waals surface area contributed by atoms with Crippen LogP contribution in [0.15, 0.2) is 28.8 Å². The Kier molecular flexibility index (Phi) is 3.65. The van der Waals surface area contributed by atoms with Gasteiger partial charge in [-0.15, -0.1) is 0 Å². The van der Waals surface area contributed by atoms with Crippen LogP contribution in [0.25, 0.3) is 11.5 Å². The summed E-state index contributed by atoms with van der Waals surface area (Å²) in [5.74, 6) is 0.727. The van der Waals surface area contributed by atoms with E-state index < -0.39 is 15.6 Å². The molecule has 22 heavy (non-hydrogen) atoms. The standard InChI is InChI=1S/C14H18N4O3S/c1-2-22(19,20)18-11-7-4-3-6-10(11)12-16-13(17-21-12)14(15)8-5-9-14/h3-4,6-7,18H,2,5,8-9,15H2,1H3. The third kappa shape index (κ3) is 2.71. The number of benzene rings is 1. The molecular weight excluding hydrogens is 304 g/mol. The van der Waals surface area contributed by atoms with Crippen molar-refractivity contribution in [2.75, 3.05) is 10.5 Å². The first kappa shape index (κ1) is 15.0. The van der Waals surface area contributed by atoms with E-state index in [0.717, 1.165) is 19.3 Å². The van der Waals surface area contributed by atoms with Crippen LogP contribution in [0.5, 0.6) is 0 Å². The fourth-order valence-electron chi connectivity index (χ4n) is 2.31. The van der Waals surface area contributed by atoms with Gasteiger partial charge in [0.25, 0.3) is 5.89 Å². The van der Waals surface area contributed by atoms with Crippen LogP contribution >= 0.6 is 0 Å². The number of aromatic nitrogens is 2. The molecule has 0 radical (unpaired) electrons. The Labute approximate surface area is 129 Å². The molecule has 1 aliphatic rings. The maximum Gasteiger partial charge on any atom is 0.260 e. The van der Waals surface area contributed by atoms with Gasteiger partial charge in [-0.3, -0.25) is 4.72 Å². The maximum atomic E-state index is 11.8. The molecule has 7 nitrogen and oxygen atoms in total. The van der Waals surface area contributed by atoms with E-state index >= 15 is 0 Å². The van der Waals surface area contributed by atoms with Crippen LogP contribution < -0.4 is 10.5 Å². The fourth-order valence-corrected chi connectivity index (χ4v) is 2.97. The highest BCUT2D eigenvalue weighted by Gasteiger charge is 2.39. The van der Waals surface area contributed by atoms with Crippen molar-refractivity contribution < 1.29 is 12.9 Å². The van der Waals surface area contributed by atoms with Gasteiger partial charge in [0.05, 0.1) is 22.5 Å². The molecule has 0 aliphatic heterocycles. The number of nitrogens with one attached hydrogen (secondary N) is 1. The Morgan fingerprint density at radius 1 is 1.36 bits per heavy atom. The molecule has 118 valence electrons. The van der Waals surface area contributed by atoms with Gasteiger partial charge in [-0.25, -0.2) is 8.42 Å². The van der Waals surface area contributed by atoms with Gasteiger partial charge in [-0.05, 0) is 38.3 Å². The second-order valence-electron chi connectivity index (χ2n) is 5.48. The van der Waals surface area contributed by atoms with Crippen molar-refractivity contribution in [3.05, 3.63) is 30.1 Å². The minimum atomic E-state index is -3.38. The molecule has 0 unspecified atom stereocenters. The molecule has 0 spiro atoms. The first-order chi connectivity index (χ1) is 10.4. The van der Waals surface area contributed by atoms with E-state index in [2.05, 4.69) is 14.9 Å². The summed E-state index contributed by atoms with van der Waals surface area (Å²) < 4.78 is 31.4. The van der Waals surface area contributed by atoms with Gasteiger partial charge in [0.2, 0.25) is 10.0 Å². The van der Waals surface area contributed by atoms with Gasteiger partial charge >= 0.3 is 0 Å². The average molecular weight is 322 g/mol. The lowest BCUT2D eigenvalue weighted by Gasteiger charge is -2.34. The average Bonchev–Trinajstić information content (AvgIpc) is 2.95. The van der Waals surface area contributed by atoms with Crippen LogP contribution in [0.3, 0.4) is 0 Å². The van der Waals surface area contributed by atoms with Crippen LogP contribution in [-0.4, -0.2) is 24.3 Å². The van der Waals surface area contributed by atoms with Gasteiger partial charge in [-0.1, -0.05) is 17.3 Å². The van der Waals surface area contributed by atoms with Crippen LogP contribution in [0.1, 0.15) is 32.0 Å². The lowest BCUT2D eigenvalue weighted by atomic mass is 9.77. The van der Waals surface area contributed by atoms with Crippen molar-refractivity contribution in [3.8, 4) is 11.5 Å². The van der Waals surface area contributed by atoms with Crippen LogP contribution in [0.2, 0.25) is 0 Å². The number of rotatable bonds is 5. The van der Waals surface area contributed by atoms with Gasteiger partial charge < -0.3 is 10.3 Å². The number of nitrogens with two attached hydrogens (primary N) is 1. The maximum absolute atomic E-state index is 11.8. The SMILES string of the molecule is CCS(=O)(=O)Nc1ccccc1-c1nc(C2(N)CCC2)no1. The number of anilines is 1. The quantitative estimate of drug-likeness (QED) is 0.869. The van der Waals surface area contributed by atoms with Crippen molar-refractivity contribution >= 4 is 15.7 Å². The summed E-state index contributed by atoms with van der Waals surface area (Å²) >= 11 is 0. The molecule has 0 saturated heterocycles. The third-order valence-corrected chi connectivity index (χ3v) is 5.21. The van der Waals surface area contributed by atoms with E-state index in [1.54, 1.807) is 31.2 Å². The molecule has 8 heteroatoms. The van der Waals surface area contributed by atoms with Gasteiger partial charge in [0, 0.05) is 0 Å². The Morgan fingerprint density at radius 3 is 2.73 bits per heavy atom. The minimum Gasteiger partial charge on any atom is -0.334 e. The number of hydrogen-bond donors (Lipinski definition) is 2. The molecule has 1 aliphatic carbocycles. The Bertz CT molecular complexity index is 781. The van der Waals surface area contributed by atoms with E-state index in [1.165, 1.54) is 0 Å². The van der Waals surface area contributed by atoms with Crippen LogP contribution in [-0.2, 0) is 15.6 Å². The molecule has 1 saturated carbocycles. The van der Waals surface area contributed by atoms with E-state index in [4.69, 9.17) is 10.3 Å². The summed E-state index contributed by atoms with van der Waals surface area (Å²) in [5, 5.41) is 3.96. The molecule has 3 rings (SSSR count). The highest BCUT2D eigenvalue weighted by atomic mass is 32.2. The van der Waals surface area contributed by atoms with Gasteiger partial charge in [0.1, 0.15) is 0 Å². The first-order valence-corrected chi connectivity index (χ1v) is 8.82. The normalized spacial score (nSPS) is 17.0. The highest BCUT2D eigenvalue weighted by molar-refractivity contribution is 7.92. The zero-order valence-electron chi connectivity index (χ0n) is 12.2. The number of sulfonamides is 1. The molecule has 0 bridgehead atoms. The molecule has 1 aromatic carbocycles. The summed E-state index contributed by atoms with van der Waals surface area (Å²) in [7, 11) is -3.38. The number of hydrogen-bond acceptors (Lipinski definition) is 6. The Balaban J connectivity index is 1.95. The fraction of sp³-hybridized carbons (Fsp3) is 0.429. The second-order valence-corrected chi connectivity index (χ2v) is 7.49. The van der Waals surface area contributed by atoms with Crippen molar-refractivity contribution in [1.82, 2.24) is 10.1 Å². The molecule has 0 atom stereocenters. The van der Waals surface area contributed by atoms with Crippen LogP contribution in [0, 0.1) is 0 Å². The van der Waals surface area contributed by atoms with E-state index in [-0.39, 0.29) is 11.6 Å². The Morgan fingerprint density at radius 2 is 2.09 bits per heavy atom. The molecule has 1 aromatic heterocycles. The van der Waals surface area contributed by atoms with Crippen molar-refractivity contribution in [3.63, 3.8) is 0 Å². The smallest absolute Gasteiger partial charge is 0.260 e.